The maximum Gasteiger partial charge on any atom is 0.339 e. The molecule has 16 heteroatoms. The van der Waals surface area contributed by atoms with Gasteiger partial charge in [-0.25, -0.2) is 38.4 Å². The first-order chi connectivity index (χ1) is 23.8. The lowest BCUT2D eigenvalue weighted by Crippen LogP contribution is -2.23. The van der Waals surface area contributed by atoms with Crippen LogP contribution in [0.1, 0.15) is 82.9 Å². The Morgan fingerprint density at radius 1 is 0.280 bits per heavy atom. The van der Waals surface area contributed by atoms with E-state index in [1.807, 2.05) is 0 Å². The van der Waals surface area contributed by atoms with E-state index < -0.39 is 92.3 Å². The molecule has 0 amide bonds. The number of benzene rings is 4. The van der Waals surface area contributed by atoms with E-state index >= 15 is 0 Å². The molecule has 0 heterocycles. The predicted octanol–water partition coefficient (Wildman–Crippen LogP) is 3.44. The van der Waals surface area contributed by atoms with Gasteiger partial charge in [0, 0.05) is 0 Å². The van der Waals surface area contributed by atoms with Crippen molar-refractivity contribution in [3.8, 4) is 0 Å². The molecule has 0 aromatic heterocycles. The number of rotatable bonds is 8. The van der Waals surface area contributed by atoms with Crippen molar-refractivity contribution in [2.75, 3.05) is 56.9 Å². The molecule has 50 heavy (non-hydrogen) atoms. The number of methoxy groups -OCH3 is 8. The summed E-state index contributed by atoms with van der Waals surface area (Å²) in [6.45, 7) is 0. The third-order valence-corrected chi connectivity index (χ3v) is 7.81. The van der Waals surface area contributed by atoms with Gasteiger partial charge in [-0.2, -0.15) is 0 Å². The van der Waals surface area contributed by atoms with Crippen molar-refractivity contribution in [2.24, 2.45) is 0 Å². The number of esters is 8. The van der Waals surface area contributed by atoms with Crippen molar-refractivity contribution in [2.45, 2.75) is 0 Å². The third-order valence-electron chi connectivity index (χ3n) is 7.81. The fourth-order valence-electron chi connectivity index (χ4n) is 5.70. The van der Waals surface area contributed by atoms with Gasteiger partial charge >= 0.3 is 47.8 Å². The monoisotopic (exact) mass is 692 g/mol. The summed E-state index contributed by atoms with van der Waals surface area (Å²) in [6, 6.07) is 5.28. The van der Waals surface area contributed by atoms with Crippen LogP contribution in [0.2, 0.25) is 0 Å². The van der Waals surface area contributed by atoms with E-state index in [9.17, 15) is 38.4 Å². The highest BCUT2D eigenvalue weighted by Gasteiger charge is 2.38. The zero-order valence-electron chi connectivity index (χ0n) is 27.8. The molecular formula is C34H28O16. The van der Waals surface area contributed by atoms with Crippen LogP contribution in [0.25, 0.3) is 32.3 Å². The maximum atomic E-state index is 13.3. The number of fused-ring (bicyclic) bond motifs is 3. The molecule has 0 unspecified atom stereocenters. The van der Waals surface area contributed by atoms with Gasteiger partial charge in [0.1, 0.15) is 0 Å². The summed E-state index contributed by atoms with van der Waals surface area (Å²) < 4.78 is 39.3. The highest BCUT2D eigenvalue weighted by atomic mass is 16.6. The minimum Gasteiger partial charge on any atom is -0.465 e. The normalized spacial score (nSPS) is 10.6. The molecule has 0 radical (unpaired) electrons. The van der Waals surface area contributed by atoms with Crippen LogP contribution in [0.15, 0.2) is 24.3 Å². The molecule has 4 aromatic rings. The molecule has 0 bridgehead atoms. The van der Waals surface area contributed by atoms with Crippen LogP contribution < -0.4 is 0 Å². The fourth-order valence-corrected chi connectivity index (χ4v) is 5.70. The first-order valence-electron chi connectivity index (χ1n) is 14.1. The van der Waals surface area contributed by atoms with Crippen LogP contribution in [-0.4, -0.2) is 105 Å². The van der Waals surface area contributed by atoms with Gasteiger partial charge in [0.15, 0.2) is 0 Å². The number of hydrogen-bond donors (Lipinski definition) is 0. The molecule has 4 rings (SSSR count). The van der Waals surface area contributed by atoms with Gasteiger partial charge in [-0.1, -0.05) is 0 Å². The summed E-state index contributed by atoms with van der Waals surface area (Å²) in [5.41, 5.74) is -4.66. The molecule has 0 spiro atoms. The number of hydrogen-bond acceptors (Lipinski definition) is 16. The van der Waals surface area contributed by atoms with Crippen LogP contribution in [0.5, 0.6) is 0 Å². The Bertz CT molecular complexity index is 1890. The van der Waals surface area contributed by atoms with E-state index in [1.54, 1.807) is 0 Å². The lowest BCUT2D eigenvalue weighted by molar-refractivity contribution is 0.0523. The van der Waals surface area contributed by atoms with Gasteiger partial charge in [-0.05, 0) is 56.6 Å². The average molecular weight is 693 g/mol. The van der Waals surface area contributed by atoms with Crippen LogP contribution in [0.3, 0.4) is 0 Å². The van der Waals surface area contributed by atoms with Crippen LogP contribution >= 0.6 is 0 Å². The van der Waals surface area contributed by atoms with Crippen molar-refractivity contribution in [3.05, 3.63) is 68.8 Å². The Morgan fingerprint density at radius 3 is 0.560 bits per heavy atom. The van der Waals surface area contributed by atoms with E-state index in [0.29, 0.717) is 0 Å². The smallest absolute Gasteiger partial charge is 0.339 e. The van der Waals surface area contributed by atoms with Gasteiger partial charge < -0.3 is 37.9 Å². The molecule has 0 saturated carbocycles. The second-order valence-electron chi connectivity index (χ2n) is 10.1. The number of ether oxygens (including phenoxy) is 8. The van der Waals surface area contributed by atoms with Gasteiger partial charge in [0.2, 0.25) is 0 Å². The fraction of sp³-hybridized carbons (Fsp3) is 0.235. The minimum atomic E-state index is -1.20. The Labute approximate surface area is 282 Å². The number of carbonyl (C=O) groups excluding carboxylic acids is 8. The first kappa shape index (κ1) is 36.3. The van der Waals surface area contributed by atoms with E-state index in [1.165, 1.54) is 24.3 Å². The van der Waals surface area contributed by atoms with Crippen molar-refractivity contribution in [3.63, 3.8) is 0 Å². The highest BCUT2D eigenvalue weighted by molar-refractivity contribution is 6.28. The van der Waals surface area contributed by atoms with Crippen molar-refractivity contribution >= 4 is 80.1 Å². The molecule has 0 fully saturated rings. The summed E-state index contributed by atoms with van der Waals surface area (Å²) >= 11 is 0. The zero-order chi connectivity index (χ0) is 37.2. The van der Waals surface area contributed by atoms with Crippen molar-refractivity contribution in [1.82, 2.24) is 0 Å². The van der Waals surface area contributed by atoms with Gasteiger partial charge in [0.25, 0.3) is 0 Å². The largest absolute Gasteiger partial charge is 0.465 e. The predicted molar refractivity (Wildman–Crippen MR) is 170 cm³/mol. The van der Waals surface area contributed by atoms with Gasteiger partial charge in [-0.15, -0.1) is 0 Å². The molecule has 0 saturated heterocycles. The molecule has 0 aliphatic heterocycles. The van der Waals surface area contributed by atoms with Crippen LogP contribution in [0, 0.1) is 0 Å². The van der Waals surface area contributed by atoms with Gasteiger partial charge in [-0.3, -0.25) is 0 Å². The molecule has 0 N–H and O–H groups in total. The summed E-state index contributed by atoms with van der Waals surface area (Å²) in [5, 5.41) is -0.132. The molecule has 0 aliphatic carbocycles. The van der Waals surface area contributed by atoms with Crippen molar-refractivity contribution in [1.29, 1.82) is 0 Å². The minimum absolute atomic E-state index is 0.121. The topological polar surface area (TPSA) is 210 Å². The standard InChI is InChI=1S/C34H28O16/c1-43-27(35)19-15-9-13-11-17-18(22(30(38)46-4)26(34(42)50-8)25(33(41)49-7)21(17)29(37)45-3)12-14(13)10-16(15)20(28(36)44-2)24(32(40)48-6)23(19)31(39)47-5/h9-12H,1-8H3. The van der Waals surface area contributed by atoms with Crippen LogP contribution in [0.4, 0.5) is 0 Å². The lowest BCUT2D eigenvalue weighted by Gasteiger charge is -2.20. The van der Waals surface area contributed by atoms with Crippen molar-refractivity contribution < 1.29 is 76.3 Å². The molecule has 260 valence electrons. The summed E-state index contributed by atoms with van der Waals surface area (Å²) in [7, 11) is 7.98. The van der Waals surface area contributed by atoms with E-state index in [2.05, 4.69) is 0 Å². The number of carbonyl (C=O) groups is 8. The maximum absolute atomic E-state index is 13.3. The second kappa shape index (κ2) is 14.3. The quantitative estimate of drug-likeness (QED) is 0.147. The lowest BCUT2D eigenvalue weighted by atomic mass is 9.84. The molecular weight excluding hydrogens is 664 g/mol. The molecule has 0 aliphatic rings. The Hall–Kier alpha value is -6.58. The van der Waals surface area contributed by atoms with E-state index in [0.717, 1.165) is 56.9 Å². The summed E-state index contributed by atoms with van der Waals surface area (Å²) in [4.78, 5) is 106. The Kier molecular flexibility index (Phi) is 10.3. The SMILES string of the molecule is COC(=O)c1c(C(=O)OC)c(C(=O)OC)c2cc3cc4c(C(=O)OC)c(C(=O)OC)c(C(=O)OC)c(C(=O)OC)c4cc3cc2c1C(=O)OC. The Balaban J connectivity index is 2.47. The highest BCUT2D eigenvalue weighted by Crippen LogP contribution is 2.40. The molecule has 4 aromatic carbocycles. The summed E-state index contributed by atoms with van der Waals surface area (Å²) in [5.74, 6) is -9.27. The second-order valence-corrected chi connectivity index (χ2v) is 10.1. The van der Waals surface area contributed by atoms with Gasteiger partial charge in [0.05, 0.1) is 101 Å². The first-order valence-corrected chi connectivity index (χ1v) is 14.1. The van der Waals surface area contributed by atoms with Crippen LogP contribution in [-0.2, 0) is 37.9 Å². The summed E-state index contributed by atoms with van der Waals surface area (Å²) in [6.07, 6.45) is 0. The third kappa shape index (κ3) is 5.65. The zero-order valence-corrected chi connectivity index (χ0v) is 27.8. The van der Waals surface area contributed by atoms with E-state index in [4.69, 9.17) is 37.9 Å². The molecule has 16 nitrogen and oxygen atoms in total. The Morgan fingerprint density at radius 2 is 0.420 bits per heavy atom. The van der Waals surface area contributed by atoms with E-state index in [-0.39, 0.29) is 32.3 Å². The average Bonchev–Trinajstić information content (AvgIpc) is 3.14. The molecule has 0 atom stereocenters.